The van der Waals surface area contributed by atoms with E-state index in [-0.39, 0.29) is 17.9 Å². The van der Waals surface area contributed by atoms with E-state index in [0.717, 1.165) is 17.8 Å². The van der Waals surface area contributed by atoms with E-state index in [0.29, 0.717) is 35.2 Å². The fraction of sp³-hybridized carbons (Fsp3) is 0.519. The van der Waals surface area contributed by atoms with Gasteiger partial charge in [-0.25, -0.2) is 0 Å². The molecule has 0 spiro atoms. The number of carbonyl (C=O) groups excluding carboxylic acids is 2. The van der Waals surface area contributed by atoms with Crippen molar-refractivity contribution in [3.63, 3.8) is 0 Å². The highest BCUT2D eigenvalue weighted by molar-refractivity contribution is 5.97. The molecule has 2 heterocycles. The number of hydrogen-bond donors (Lipinski definition) is 1. The van der Waals surface area contributed by atoms with Crippen LogP contribution in [0, 0.1) is 30.6 Å². The van der Waals surface area contributed by atoms with Crippen LogP contribution < -0.4 is 10.2 Å². The molecule has 5 heteroatoms. The van der Waals surface area contributed by atoms with Gasteiger partial charge in [-0.15, -0.1) is 0 Å². The van der Waals surface area contributed by atoms with Crippen LogP contribution in [0.5, 0.6) is 0 Å². The average Bonchev–Trinajstić information content (AvgIpc) is 3.69. The summed E-state index contributed by atoms with van der Waals surface area (Å²) in [7, 11) is 1.67. The molecule has 1 aromatic heterocycles. The van der Waals surface area contributed by atoms with Gasteiger partial charge in [0, 0.05) is 42.7 Å². The number of aromatic nitrogens is 1. The molecule has 32 heavy (non-hydrogen) atoms. The lowest BCUT2D eigenvalue weighted by atomic mass is 9.72. The second-order valence-electron chi connectivity index (χ2n) is 10.1. The van der Waals surface area contributed by atoms with E-state index in [1.54, 1.807) is 14.0 Å². The Morgan fingerprint density at radius 2 is 1.97 bits per heavy atom. The Balaban J connectivity index is 1.52. The highest BCUT2D eigenvalue weighted by Crippen LogP contribution is 2.59. The Morgan fingerprint density at radius 1 is 1.19 bits per heavy atom. The molecule has 2 aromatic rings. The van der Waals surface area contributed by atoms with Crippen molar-refractivity contribution in [2.75, 3.05) is 11.9 Å². The van der Waals surface area contributed by atoms with E-state index in [2.05, 4.69) is 30.4 Å². The fourth-order valence-electron chi connectivity index (χ4n) is 6.22. The first kappa shape index (κ1) is 21.2. The van der Waals surface area contributed by atoms with Gasteiger partial charge in [0.15, 0.2) is 0 Å². The summed E-state index contributed by atoms with van der Waals surface area (Å²) in [4.78, 5) is 32.0. The van der Waals surface area contributed by atoms with Gasteiger partial charge in [-0.1, -0.05) is 13.0 Å². The van der Waals surface area contributed by atoms with Crippen LogP contribution in [0.2, 0.25) is 0 Å². The second-order valence-corrected chi connectivity index (χ2v) is 10.1. The Morgan fingerprint density at radius 3 is 2.62 bits per heavy atom. The summed E-state index contributed by atoms with van der Waals surface area (Å²) in [6.45, 7) is 6.06. The highest BCUT2D eigenvalue weighted by atomic mass is 16.2. The molecule has 1 aromatic carbocycles. The van der Waals surface area contributed by atoms with Gasteiger partial charge in [-0.3, -0.25) is 14.6 Å². The molecular formula is C27H33N3O2. The van der Waals surface area contributed by atoms with E-state index in [9.17, 15) is 9.59 Å². The molecule has 1 N–H and O–H groups in total. The number of pyridine rings is 1. The third kappa shape index (κ3) is 3.72. The lowest BCUT2D eigenvalue weighted by Crippen LogP contribution is -2.50. The average molecular weight is 432 g/mol. The summed E-state index contributed by atoms with van der Waals surface area (Å²) >= 11 is 0. The number of benzene rings is 1. The number of amides is 2. The van der Waals surface area contributed by atoms with Gasteiger partial charge >= 0.3 is 0 Å². The van der Waals surface area contributed by atoms with Gasteiger partial charge in [0.25, 0.3) is 5.91 Å². The molecule has 2 saturated carbocycles. The topological polar surface area (TPSA) is 62.3 Å². The minimum atomic E-state index is -0.0748. The maximum absolute atomic E-state index is 12.8. The van der Waals surface area contributed by atoms with Crippen LogP contribution in [-0.4, -0.2) is 29.9 Å². The van der Waals surface area contributed by atoms with Crippen LogP contribution >= 0.6 is 0 Å². The number of nitrogens with one attached hydrogen (secondary N) is 1. The SMILES string of the molecule is CNC(=O)c1ccc2c(c1)[C@@H](C1CC1Cc1cccc(C)n1)[C@H](C)[C@@H](C1CC1)N2C(C)=O. The molecule has 0 saturated heterocycles. The Bertz CT molecular complexity index is 1060. The van der Waals surface area contributed by atoms with Gasteiger partial charge in [0.2, 0.25) is 5.91 Å². The number of rotatable bonds is 5. The van der Waals surface area contributed by atoms with Crippen LogP contribution in [0.1, 0.15) is 66.3 Å². The molecule has 5 nitrogen and oxygen atoms in total. The van der Waals surface area contributed by atoms with E-state index in [1.165, 1.54) is 30.5 Å². The molecule has 1 aliphatic heterocycles. The van der Waals surface area contributed by atoms with Crippen LogP contribution in [0.3, 0.4) is 0 Å². The van der Waals surface area contributed by atoms with Gasteiger partial charge in [0.1, 0.15) is 0 Å². The number of fused-ring (bicyclic) bond motifs is 1. The van der Waals surface area contributed by atoms with Crippen molar-refractivity contribution in [3.05, 3.63) is 58.9 Å². The smallest absolute Gasteiger partial charge is 0.251 e. The standard InChI is InChI=1S/C27H33N3O2/c1-15-6-5-7-21(29-15)12-20-14-22(20)25-16(2)26(18-8-9-18)30(17(3)31)24-11-10-19(13-23(24)25)27(32)28-4/h5-7,10-11,13,16,18,20,22,25-26H,8-9,12,14H2,1-4H3,(H,28,32)/t16-,20?,22?,25+,26-/m0/s1. The van der Waals surface area contributed by atoms with Crippen molar-refractivity contribution in [2.45, 2.75) is 58.4 Å². The zero-order valence-electron chi connectivity index (χ0n) is 19.5. The molecule has 0 bridgehead atoms. The predicted molar refractivity (Wildman–Crippen MR) is 126 cm³/mol. The van der Waals surface area contributed by atoms with Gasteiger partial charge in [0.05, 0.1) is 0 Å². The highest BCUT2D eigenvalue weighted by Gasteiger charge is 2.54. The van der Waals surface area contributed by atoms with Gasteiger partial charge < -0.3 is 10.2 Å². The minimum absolute atomic E-state index is 0.0748. The van der Waals surface area contributed by atoms with Crippen molar-refractivity contribution in [3.8, 4) is 0 Å². The second kappa shape index (κ2) is 8.02. The molecular weight excluding hydrogens is 398 g/mol. The lowest BCUT2D eigenvalue weighted by Gasteiger charge is -2.46. The van der Waals surface area contributed by atoms with Crippen molar-refractivity contribution in [2.24, 2.45) is 23.7 Å². The van der Waals surface area contributed by atoms with Gasteiger partial charge in [-0.05, 0) is 98.1 Å². The molecule has 3 aliphatic rings. The molecule has 168 valence electrons. The summed E-state index contributed by atoms with van der Waals surface area (Å²) in [6.07, 6.45) is 4.60. The maximum atomic E-state index is 12.8. The van der Waals surface area contributed by atoms with E-state index >= 15 is 0 Å². The van der Waals surface area contributed by atoms with Crippen molar-refractivity contribution in [1.82, 2.24) is 10.3 Å². The number of aryl methyl sites for hydroxylation is 1. The first-order valence-electron chi connectivity index (χ1n) is 12.0. The molecule has 2 fully saturated rings. The van der Waals surface area contributed by atoms with Crippen LogP contribution in [0.25, 0.3) is 0 Å². The zero-order chi connectivity index (χ0) is 22.6. The Labute approximate surface area is 190 Å². The van der Waals surface area contributed by atoms with Crippen LogP contribution in [-0.2, 0) is 11.2 Å². The largest absolute Gasteiger partial charge is 0.355 e. The van der Waals surface area contributed by atoms with E-state index in [1.807, 2.05) is 30.0 Å². The lowest BCUT2D eigenvalue weighted by molar-refractivity contribution is -0.117. The monoisotopic (exact) mass is 431 g/mol. The molecule has 2 amide bonds. The van der Waals surface area contributed by atoms with Crippen LogP contribution in [0.15, 0.2) is 36.4 Å². The minimum Gasteiger partial charge on any atom is -0.355 e. The van der Waals surface area contributed by atoms with Crippen molar-refractivity contribution in [1.29, 1.82) is 0 Å². The molecule has 0 radical (unpaired) electrons. The molecule has 5 atom stereocenters. The summed E-state index contributed by atoms with van der Waals surface area (Å²) in [5.41, 5.74) is 5.11. The summed E-state index contributed by atoms with van der Waals surface area (Å²) in [5, 5.41) is 2.75. The maximum Gasteiger partial charge on any atom is 0.251 e. The number of carbonyl (C=O) groups is 2. The zero-order valence-corrected chi connectivity index (χ0v) is 19.5. The van der Waals surface area contributed by atoms with Gasteiger partial charge in [-0.2, -0.15) is 0 Å². The quantitative estimate of drug-likeness (QED) is 0.759. The summed E-state index contributed by atoms with van der Waals surface area (Å²) in [6, 6.07) is 12.5. The third-order valence-electron chi connectivity index (χ3n) is 7.84. The summed E-state index contributed by atoms with van der Waals surface area (Å²) in [5.74, 6) is 2.55. The molecule has 2 unspecified atom stereocenters. The van der Waals surface area contributed by atoms with Crippen molar-refractivity contribution < 1.29 is 9.59 Å². The normalized spacial score (nSPS) is 28.8. The molecule has 2 aliphatic carbocycles. The van der Waals surface area contributed by atoms with Crippen LogP contribution in [0.4, 0.5) is 5.69 Å². The Kier molecular flexibility index (Phi) is 5.31. The summed E-state index contributed by atoms with van der Waals surface area (Å²) < 4.78 is 0. The number of nitrogens with zero attached hydrogens (tertiary/aromatic N) is 2. The van der Waals surface area contributed by atoms with E-state index in [4.69, 9.17) is 4.98 Å². The Hall–Kier alpha value is -2.69. The van der Waals surface area contributed by atoms with Crippen molar-refractivity contribution >= 4 is 17.5 Å². The number of hydrogen-bond acceptors (Lipinski definition) is 3. The molecule has 5 rings (SSSR count). The number of anilines is 1. The third-order valence-corrected chi connectivity index (χ3v) is 7.84. The first-order chi connectivity index (χ1) is 15.4. The first-order valence-corrected chi connectivity index (χ1v) is 12.0. The van der Waals surface area contributed by atoms with E-state index < -0.39 is 0 Å². The predicted octanol–water partition coefficient (Wildman–Crippen LogP) is 4.49. The fourth-order valence-corrected chi connectivity index (χ4v) is 6.22.